The fourth-order valence-corrected chi connectivity index (χ4v) is 4.42. The molecule has 1 amide bonds. The van der Waals surface area contributed by atoms with Crippen molar-refractivity contribution in [2.45, 2.75) is 40.2 Å². The maximum absolute atomic E-state index is 13.4. The Kier molecular flexibility index (Phi) is 8.49. The van der Waals surface area contributed by atoms with E-state index in [-0.39, 0.29) is 17.3 Å². The lowest BCUT2D eigenvalue weighted by Gasteiger charge is -2.26. The number of ether oxygens (including phenoxy) is 2. The summed E-state index contributed by atoms with van der Waals surface area (Å²) in [4.78, 5) is 40.6. The van der Waals surface area contributed by atoms with Crippen molar-refractivity contribution in [3.8, 4) is 5.75 Å². The lowest BCUT2D eigenvalue weighted by Crippen LogP contribution is -2.29. The van der Waals surface area contributed by atoms with E-state index < -0.39 is 23.7 Å². The Labute approximate surface area is 228 Å². The molecule has 1 aliphatic rings. The van der Waals surface area contributed by atoms with Crippen LogP contribution in [0.1, 0.15) is 60.3 Å². The molecule has 1 atom stereocenters. The summed E-state index contributed by atoms with van der Waals surface area (Å²) in [6, 6.07) is 19.7. The molecule has 1 saturated heterocycles. The van der Waals surface area contributed by atoms with Crippen LogP contribution in [0.4, 0.5) is 5.69 Å². The predicted octanol–water partition coefficient (Wildman–Crippen LogP) is 6.22. The number of esters is 1. The molecular weight excluding hydrogens is 494 g/mol. The van der Waals surface area contributed by atoms with Crippen LogP contribution >= 0.6 is 0 Å². The molecule has 3 aromatic rings. The van der Waals surface area contributed by atoms with Crippen LogP contribution in [-0.4, -0.2) is 36.0 Å². The van der Waals surface area contributed by atoms with E-state index in [0.717, 1.165) is 12.0 Å². The van der Waals surface area contributed by atoms with Crippen LogP contribution in [-0.2, 0) is 14.3 Å². The molecule has 4 rings (SSSR count). The van der Waals surface area contributed by atoms with Gasteiger partial charge in [-0.1, -0.05) is 50.6 Å². The van der Waals surface area contributed by atoms with E-state index in [1.54, 1.807) is 48.5 Å². The minimum absolute atomic E-state index is 0.00625. The van der Waals surface area contributed by atoms with Gasteiger partial charge in [0, 0.05) is 11.3 Å². The fourth-order valence-electron chi connectivity index (χ4n) is 4.42. The Morgan fingerprint density at radius 1 is 0.974 bits per heavy atom. The minimum Gasteiger partial charge on any atom is -0.507 e. The molecule has 39 heavy (non-hydrogen) atoms. The molecule has 1 heterocycles. The Balaban J connectivity index is 1.76. The maximum Gasteiger partial charge on any atom is 0.338 e. The maximum atomic E-state index is 13.4. The molecule has 0 radical (unpaired) electrons. The van der Waals surface area contributed by atoms with Crippen LogP contribution in [0.2, 0.25) is 0 Å². The van der Waals surface area contributed by atoms with E-state index in [4.69, 9.17) is 9.47 Å². The molecule has 1 N–H and O–H groups in total. The fraction of sp³-hybridized carbons (Fsp3) is 0.281. The summed E-state index contributed by atoms with van der Waals surface area (Å²) < 4.78 is 10.9. The van der Waals surface area contributed by atoms with Gasteiger partial charge in [-0.2, -0.15) is 0 Å². The molecule has 1 aliphatic heterocycles. The van der Waals surface area contributed by atoms with E-state index in [2.05, 4.69) is 0 Å². The number of hydrogen-bond donors (Lipinski definition) is 1. The highest BCUT2D eigenvalue weighted by molar-refractivity contribution is 6.51. The van der Waals surface area contributed by atoms with Crippen LogP contribution < -0.4 is 9.64 Å². The average molecular weight is 528 g/mol. The summed E-state index contributed by atoms with van der Waals surface area (Å²) >= 11 is 0. The van der Waals surface area contributed by atoms with Crippen molar-refractivity contribution in [3.63, 3.8) is 0 Å². The standard InChI is InChI=1S/C32H33NO6/c1-5-17-38-26-15-11-22(12-16-26)29(34)27-28(24-8-6-7-21(4)18-24)33(31(36)30(27)35)25-13-9-23(10-14-25)32(37)39-19-20(2)3/h6-16,18,20,28,34H,5,17,19H2,1-4H3/b29-27+. The largest absolute Gasteiger partial charge is 0.507 e. The van der Waals surface area contributed by atoms with Crippen molar-refractivity contribution in [1.29, 1.82) is 0 Å². The zero-order valence-electron chi connectivity index (χ0n) is 22.6. The Bertz CT molecular complexity index is 1390. The minimum atomic E-state index is -0.861. The normalized spacial score (nSPS) is 16.5. The zero-order valence-corrected chi connectivity index (χ0v) is 22.6. The number of carbonyl (C=O) groups excluding carboxylic acids is 3. The third kappa shape index (κ3) is 6.03. The first kappa shape index (κ1) is 27.6. The first-order chi connectivity index (χ1) is 18.7. The molecular formula is C32H33NO6. The summed E-state index contributed by atoms with van der Waals surface area (Å²) in [5, 5.41) is 11.3. The molecule has 0 aliphatic carbocycles. The lowest BCUT2D eigenvalue weighted by molar-refractivity contribution is -0.132. The van der Waals surface area contributed by atoms with Crippen LogP contribution in [0.3, 0.4) is 0 Å². The van der Waals surface area contributed by atoms with E-state index in [0.29, 0.717) is 41.3 Å². The third-order valence-corrected chi connectivity index (χ3v) is 6.33. The van der Waals surface area contributed by atoms with E-state index in [1.807, 2.05) is 52.0 Å². The summed E-state index contributed by atoms with van der Waals surface area (Å²) in [6.07, 6.45) is 0.863. The predicted molar refractivity (Wildman–Crippen MR) is 150 cm³/mol. The first-order valence-electron chi connectivity index (χ1n) is 13.1. The smallest absolute Gasteiger partial charge is 0.338 e. The number of aliphatic hydroxyl groups excluding tert-OH is 1. The molecule has 0 saturated carbocycles. The monoisotopic (exact) mass is 527 g/mol. The number of hydrogen-bond acceptors (Lipinski definition) is 6. The number of nitrogens with zero attached hydrogens (tertiary/aromatic N) is 1. The van der Waals surface area contributed by atoms with Crippen molar-refractivity contribution in [3.05, 3.63) is 101 Å². The van der Waals surface area contributed by atoms with Gasteiger partial charge in [-0.05, 0) is 73.4 Å². The van der Waals surface area contributed by atoms with Gasteiger partial charge < -0.3 is 14.6 Å². The highest BCUT2D eigenvalue weighted by atomic mass is 16.5. The zero-order chi connectivity index (χ0) is 28.1. The molecule has 7 nitrogen and oxygen atoms in total. The molecule has 0 spiro atoms. The molecule has 3 aromatic carbocycles. The second-order valence-corrected chi connectivity index (χ2v) is 10.00. The van der Waals surface area contributed by atoms with Gasteiger partial charge >= 0.3 is 5.97 Å². The number of anilines is 1. The van der Waals surface area contributed by atoms with Crippen LogP contribution in [0.15, 0.2) is 78.4 Å². The molecule has 202 valence electrons. The first-order valence-corrected chi connectivity index (χ1v) is 13.1. The van der Waals surface area contributed by atoms with Crippen molar-refractivity contribution < 1.29 is 29.0 Å². The van der Waals surface area contributed by atoms with Crippen LogP contribution in [0.5, 0.6) is 5.75 Å². The molecule has 0 aromatic heterocycles. The molecule has 1 unspecified atom stereocenters. The van der Waals surface area contributed by atoms with Gasteiger partial charge in [-0.25, -0.2) is 4.79 Å². The van der Waals surface area contributed by atoms with Gasteiger partial charge in [0.15, 0.2) is 0 Å². The summed E-state index contributed by atoms with van der Waals surface area (Å²) in [5.74, 6) is -1.42. The summed E-state index contributed by atoms with van der Waals surface area (Å²) in [6.45, 7) is 8.70. The number of ketones is 1. The lowest BCUT2D eigenvalue weighted by atomic mass is 9.94. The van der Waals surface area contributed by atoms with Crippen LogP contribution in [0, 0.1) is 12.8 Å². The molecule has 7 heteroatoms. The van der Waals surface area contributed by atoms with Crippen molar-refractivity contribution in [2.24, 2.45) is 5.92 Å². The highest BCUT2D eigenvalue weighted by Crippen LogP contribution is 2.42. The number of aliphatic hydroxyl groups is 1. The van der Waals surface area contributed by atoms with Gasteiger partial charge in [0.25, 0.3) is 11.7 Å². The van der Waals surface area contributed by atoms with Gasteiger partial charge in [-0.3, -0.25) is 14.5 Å². The summed E-state index contributed by atoms with van der Waals surface area (Å²) in [5.41, 5.74) is 2.78. The topological polar surface area (TPSA) is 93.1 Å². The number of amides is 1. The number of aryl methyl sites for hydroxylation is 1. The van der Waals surface area contributed by atoms with Crippen molar-refractivity contribution >= 4 is 29.1 Å². The van der Waals surface area contributed by atoms with E-state index in [1.165, 1.54) is 4.90 Å². The van der Waals surface area contributed by atoms with Crippen molar-refractivity contribution in [1.82, 2.24) is 0 Å². The number of carbonyl (C=O) groups is 3. The van der Waals surface area contributed by atoms with Crippen molar-refractivity contribution in [2.75, 3.05) is 18.1 Å². The number of rotatable bonds is 9. The van der Waals surface area contributed by atoms with E-state index in [9.17, 15) is 19.5 Å². The number of Topliss-reactive ketones (excluding diaryl/α,β-unsaturated/α-hetero) is 1. The third-order valence-electron chi connectivity index (χ3n) is 6.33. The van der Waals surface area contributed by atoms with Gasteiger partial charge in [-0.15, -0.1) is 0 Å². The van der Waals surface area contributed by atoms with Gasteiger partial charge in [0.1, 0.15) is 11.5 Å². The van der Waals surface area contributed by atoms with Crippen LogP contribution in [0.25, 0.3) is 5.76 Å². The highest BCUT2D eigenvalue weighted by Gasteiger charge is 2.47. The SMILES string of the molecule is CCCOc1ccc(/C(O)=C2\C(=O)C(=O)N(c3ccc(C(=O)OCC(C)C)cc3)C2c2cccc(C)c2)cc1. The second kappa shape index (κ2) is 12.0. The van der Waals surface area contributed by atoms with Gasteiger partial charge in [0.05, 0.1) is 30.4 Å². The Hall–Kier alpha value is -4.39. The quantitative estimate of drug-likeness (QED) is 0.154. The van der Waals surface area contributed by atoms with Gasteiger partial charge in [0.2, 0.25) is 0 Å². The molecule has 1 fully saturated rings. The number of benzene rings is 3. The molecule has 0 bridgehead atoms. The Morgan fingerprint density at radius 3 is 2.26 bits per heavy atom. The second-order valence-electron chi connectivity index (χ2n) is 10.00. The Morgan fingerprint density at radius 2 is 1.64 bits per heavy atom. The summed E-state index contributed by atoms with van der Waals surface area (Å²) in [7, 11) is 0. The van der Waals surface area contributed by atoms with E-state index >= 15 is 0 Å². The average Bonchev–Trinajstić information content (AvgIpc) is 3.20.